The van der Waals surface area contributed by atoms with Crippen LogP contribution in [0.1, 0.15) is 13.8 Å². The number of rotatable bonds is 11. The van der Waals surface area contributed by atoms with E-state index in [0.29, 0.717) is 18.4 Å². The summed E-state index contributed by atoms with van der Waals surface area (Å²) >= 11 is 11.6. The number of benzene rings is 1. The van der Waals surface area contributed by atoms with Gasteiger partial charge in [0.15, 0.2) is 0 Å². The van der Waals surface area contributed by atoms with Crippen LogP contribution in [0.3, 0.4) is 0 Å². The zero-order valence-corrected chi connectivity index (χ0v) is 15.8. The Hall–Kier alpha value is -0.350. The molecule has 0 radical (unpaired) electrons. The first kappa shape index (κ1) is 21.6. The highest BCUT2D eigenvalue weighted by Crippen LogP contribution is 2.19. The molecule has 3 nitrogen and oxygen atoms in total. The monoisotopic (exact) mass is 368 g/mol. The van der Waals surface area contributed by atoms with Gasteiger partial charge < -0.3 is 14.5 Å². The van der Waals surface area contributed by atoms with E-state index < -0.39 is 0 Å². The Morgan fingerprint density at radius 2 is 1.45 bits per heavy atom. The molecule has 0 bridgehead atoms. The third-order valence-corrected chi connectivity index (χ3v) is 3.82. The van der Waals surface area contributed by atoms with Crippen molar-refractivity contribution in [3.63, 3.8) is 0 Å². The van der Waals surface area contributed by atoms with Gasteiger partial charge >= 0.3 is 0 Å². The molecule has 0 atom stereocenters. The van der Waals surface area contributed by atoms with Crippen molar-refractivity contribution in [2.45, 2.75) is 13.8 Å². The van der Waals surface area contributed by atoms with Crippen LogP contribution in [0.25, 0.3) is 0 Å². The summed E-state index contributed by atoms with van der Waals surface area (Å²) in [5.74, 6) is 2.10. The number of halogens is 3. The van der Waals surface area contributed by atoms with E-state index >= 15 is 0 Å². The lowest BCUT2D eigenvalue weighted by atomic mass is 10.2. The number of hydrogen-bond acceptors (Lipinski definition) is 3. The maximum Gasteiger partial charge on any atom is 0.119 e. The molecular formula is C16H27Cl3N2O. The van der Waals surface area contributed by atoms with Crippen LogP contribution in [0.4, 0.5) is 5.69 Å². The highest BCUT2D eigenvalue weighted by molar-refractivity contribution is 6.18. The fourth-order valence-electron chi connectivity index (χ4n) is 2.16. The van der Waals surface area contributed by atoms with E-state index in [1.54, 1.807) is 0 Å². The minimum Gasteiger partial charge on any atom is -0.492 e. The number of likely N-dealkylation sites (N-methyl/N-ethyl adjacent to an activating group) is 1. The number of ether oxygens (including phenoxy) is 1. The van der Waals surface area contributed by atoms with Crippen LogP contribution in [0.15, 0.2) is 24.3 Å². The zero-order chi connectivity index (χ0) is 15.5. The van der Waals surface area contributed by atoms with Gasteiger partial charge in [-0.3, -0.25) is 0 Å². The second-order valence-corrected chi connectivity index (χ2v) is 5.49. The predicted octanol–water partition coefficient (Wildman–Crippen LogP) is 4.11. The molecule has 0 fully saturated rings. The lowest BCUT2D eigenvalue weighted by Gasteiger charge is -2.23. The summed E-state index contributed by atoms with van der Waals surface area (Å²) in [6.07, 6.45) is 0. The smallest absolute Gasteiger partial charge is 0.119 e. The first-order chi connectivity index (χ1) is 10.2. The summed E-state index contributed by atoms with van der Waals surface area (Å²) in [5.41, 5.74) is 1.13. The van der Waals surface area contributed by atoms with Crippen molar-refractivity contribution in [1.29, 1.82) is 0 Å². The summed E-state index contributed by atoms with van der Waals surface area (Å²) in [7, 11) is 0. The fourth-order valence-corrected chi connectivity index (χ4v) is 2.57. The molecule has 0 aliphatic carbocycles. The van der Waals surface area contributed by atoms with Crippen molar-refractivity contribution in [2.75, 3.05) is 56.0 Å². The minimum absolute atomic E-state index is 0. The second-order valence-electron chi connectivity index (χ2n) is 4.73. The van der Waals surface area contributed by atoms with Crippen LogP contribution >= 0.6 is 35.6 Å². The maximum atomic E-state index is 5.82. The van der Waals surface area contributed by atoms with Crippen molar-refractivity contribution < 1.29 is 4.74 Å². The number of alkyl halides is 2. The molecule has 22 heavy (non-hydrogen) atoms. The average Bonchev–Trinajstić information content (AvgIpc) is 2.52. The van der Waals surface area contributed by atoms with Gasteiger partial charge in [0, 0.05) is 37.1 Å². The molecule has 0 saturated carbocycles. The molecule has 0 unspecified atom stereocenters. The number of anilines is 1. The lowest BCUT2D eigenvalue weighted by molar-refractivity contribution is 0.223. The van der Waals surface area contributed by atoms with Crippen LogP contribution in [-0.4, -0.2) is 56.0 Å². The lowest BCUT2D eigenvalue weighted by Crippen LogP contribution is -2.28. The van der Waals surface area contributed by atoms with Gasteiger partial charge in [-0.05, 0) is 37.4 Å². The van der Waals surface area contributed by atoms with E-state index in [2.05, 4.69) is 35.8 Å². The van der Waals surface area contributed by atoms with Crippen LogP contribution in [-0.2, 0) is 0 Å². The molecule has 0 N–H and O–H groups in total. The molecule has 0 heterocycles. The Morgan fingerprint density at radius 1 is 0.909 bits per heavy atom. The Kier molecular flexibility index (Phi) is 12.9. The number of hydrogen-bond donors (Lipinski definition) is 0. The quantitative estimate of drug-likeness (QED) is 0.546. The molecular weight excluding hydrogens is 343 g/mol. The molecule has 0 aromatic heterocycles. The second kappa shape index (κ2) is 13.1. The van der Waals surface area contributed by atoms with Crippen LogP contribution in [0, 0.1) is 0 Å². The molecule has 0 aliphatic rings. The van der Waals surface area contributed by atoms with Gasteiger partial charge in [0.1, 0.15) is 12.4 Å². The molecule has 1 aromatic rings. The van der Waals surface area contributed by atoms with Gasteiger partial charge in [-0.25, -0.2) is 0 Å². The molecule has 0 aliphatic heterocycles. The van der Waals surface area contributed by atoms with Crippen LogP contribution < -0.4 is 9.64 Å². The highest BCUT2D eigenvalue weighted by atomic mass is 35.5. The molecule has 1 rings (SSSR count). The SMILES string of the molecule is CCN(CC)CCOc1ccc(N(CCCl)CCCl)cc1.Cl. The van der Waals surface area contributed by atoms with Crippen LogP contribution in [0.5, 0.6) is 5.75 Å². The van der Waals surface area contributed by atoms with Gasteiger partial charge in [0.25, 0.3) is 0 Å². The minimum atomic E-state index is 0. The Bertz CT molecular complexity index is 366. The summed E-state index contributed by atoms with van der Waals surface area (Å²) in [6, 6.07) is 8.14. The Morgan fingerprint density at radius 3 is 1.91 bits per heavy atom. The van der Waals surface area contributed by atoms with E-state index in [9.17, 15) is 0 Å². The molecule has 0 amide bonds. The van der Waals surface area contributed by atoms with Crippen LogP contribution in [0.2, 0.25) is 0 Å². The maximum absolute atomic E-state index is 5.82. The van der Waals surface area contributed by atoms with E-state index in [1.807, 2.05) is 12.1 Å². The Labute approximate surface area is 150 Å². The van der Waals surface area contributed by atoms with E-state index in [0.717, 1.165) is 44.2 Å². The van der Waals surface area contributed by atoms with Gasteiger partial charge in [-0.15, -0.1) is 35.6 Å². The molecule has 1 aromatic carbocycles. The standard InChI is InChI=1S/C16H26Cl2N2O.ClH/c1-3-19(4-2)13-14-21-16-7-5-15(6-8-16)20(11-9-17)12-10-18;/h5-8H,3-4,9-14H2,1-2H3;1H. The van der Waals surface area contributed by atoms with E-state index in [4.69, 9.17) is 27.9 Å². The predicted molar refractivity (Wildman–Crippen MR) is 101 cm³/mol. The summed E-state index contributed by atoms with van der Waals surface area (Å²) < 4.78 is 5.78. The van der Waals surface area contributed by atoms with Crippen molar-refractivity contribution in [3.05, 3.63) is 24.3 Å². The normalized spacial score (nSPS) is 10.4. The summed E-state index contributed by atoms with van der Waals surface area (Å²) in [6.45, 7) is 9.73. The van der Waals surface area contributed by atoms with Gasteiger partial charge in [-0.2, -0.15) is 0 Å². The van der Waals surface area contributed by atoms with Gasteiger partial charge in [0.05, 0.1) is 0 Å². The largest absolute Gasteiger partial charge is 0.492 e. The average molecular weight is 370 g/mol. The summed E-state index contributed by atoms with van der Waals surface area (Å²) in [5, 5.41) is 0. The molecule has 0 spiro atoms. The van der Waals surface area contributed by atoms with E-state index in [1.165, 1.54) is 0 Å². The molecule has 128 valence electrons. The third kappa shape index (κ3) is 7.77. The summed E-state index contributed by atoms with van der Waals surface area (Å²) in [4.78, 5) is 4.52. The molecule has 6 heteroatoms. The first-order valence-electron chi connectivity index (χ1n) is 7.57. The third-order valence-electron chi connectivity index (χ3n) is 3.48. The topological polar surface area (TPSA) is 15.7 Å². The van der Waals surface area contributed by atoms with Crippen molar-refractivity contribution in [1.82, 2.24) is 4.90 Å². The Balaban J connectivity index is 0.00000441. The van der Waals surface area contributed by atoms with E-state index in [-0.39, 0.29) is 12.4 Å². The van der Waals surface area contributed by atoms with Gasteiger partial charge in [-0.1, -0.05) is 13.8 Å². The van der Waals surface area contributed by atoms with Crippen molar-refractivity contribution >= 4 is 41.3 Å². The number of nitrogens with zero attached hydrogens (tertiary/aromatic N) is 2. The highest BCUT2D eigenvalue weighted by Gasteiger charge is 2.05. The van der Waals surface area contributed by atoms with Crippen molar-refractivity contribution in [2.24, 2.45) is 0 Å². The first-order valence-corrected chi connectivity index (χ1v) is 8.64. The van der Waals surface area contributed by atoms with Crippen molar-refractivity contribution in [3.8, 4) is 5.75 Å². The van der Waals surface area contributed by atoms with Gasteiger partial charge in [0.2, 0.25) is 0 Å². The molecule has 0 saturated heterocycles. The fraction of sp³-hybridized carbons (Fsp3) is 0.625. The zero-order valence-electron chi connectivity index (χ0n) is 13.4.